The molecular weight excluding hydrogens is 314 g/mol. The molecule has 96 valence electrons. The third-order valence-corrected chi connectivity index (χ3v) is 5.84. The summed E-state index contributed by atoms with van der Waals surface area (Å²) in [5, 5.41) is 2.10. The van der Waals surface area contributed by atoms with Crippen LogP contribution in [0.2, 0.25) is 0 Å². The number of alkyl halides is 1. The van der Waals surface area contributed by atoms with E-state index in [9.17, 15) is 4.79 Å². The van der Waals surface area contributed by atoms with Gasteiger partial charge in [-0.1, -0.05) is 0 Å². The molecule has 0 aromatic carbocycles. The molecule has 2 unspecified atom stereocenters. The summed E-state index contributed by atoms with van der Waals surface area (Å²) >= 11 is 5.48. The Balaban J connectivity index is 1.94. The van der Waals surface area contributed by atoms with Crippen LogP contribution in [0.15, 0.2) is 17.5 Å². The molecule has 3 rings (SSSR count). The van der Waals surface area contributed by atoms with Crippen LogP contribution in [0.3, 0.4) is 0 Å². The number of aromatic nitrogens is 1. The second kappa shape index (κ2) is 4.36. The van der Waals surface area contributed by atoms with E-state index in [1.165, 1.54) is 16.0 Å². The number of halogens is 1. The SMILES string of the molecule is C[N+]1(c2cc3sccc3[nH]2)CCN(C=O)CC1Br. The largest absolute Gasteiger partial charge is 0.333 e. The van der Waals surface area contributed by atoms with Crippen molar-refractivity contribution >= 4 is 49.7 Å². The van der Waals surface area contributed by atoms with Crippen LogP contribution in [0.4, 0.5) is 5.82 Å². The van der Waals surface area contributed by atoms with E-state index in [4.69, 9.17) is 0 Å². The smallest absolute Gasteiger partial charge is 0.210 e. The van der Waals surface area contributed by atoms with Crippen molar-refractivity contribution < 1.29 is 4.79 Å². The number of H-pyrrole nitrogens is 1. The topological polar surface area (TPSA) is 36.1 Å². The van der Waals surface area contributed by atoms with Crippen LogP contribution in [-0.4, -0.2) is 47.9 Å². The minimum absolute atomic E-state index is 0.226. The van der Waals surface area contributed by atoms with E-state index in [0.29, 0.717) is 0 Å². The summed E-state index contributed by atoms with van der Waals surface area (Å²) in [6.07, 6.45) is 0.936. The number of carbonyl (C=O) groups excluding carboxylic acids is 1. The number of nitrogens with one attached hydrogen (secondary N) is 1. The summed E-state index contributed by atoms with van der Waals surface area (Å²) in [4.78, 5) is 16.4. The van der Waals surface area contributed by atoms with Gasteiger partial charge in [0.2, 0.25) is 12.2 Å². The second-order valence-corrected chi connectivity index (χ2v) is 6.88. The van der Waals surface area contributed by atoms with Crippen LogP contribution >= 0.6 is 27.3 Å². The first-order valence-electron chi connectivity index (χ1n) is 5.89. The zero-order chi connectivity index (χ0) is 12.8. The minimum Gasteiger partial charge on any atom is -0.333 e. The lowest BCUT2D eigenvalue weighted by molar-refractivity contribution is -0.119. The van der Waals surface area contributed by atoms with E-state index in [-0.39, 0.29) is 4.95 Å². The van der Waals surface area contributed by atoms with E-state index in [2.05, 4.69) is 45.5 Å². The van der Waals surface area contributed by atoms with Gasteiger partial charge in [0.15, 0.2) is 4.95 Å². The number of fused-ring (bicyclic) bond motifs is 1. The van der Waals surface area contributed by atoms with Gasteiger partial charge in [0.25, 0.3) is 0 Å². The van der Waals surface area contributed by atoms with E-state index in [1.54, 1.807) is 11.3 Å². The van der Waals surface area contributed by atoms with Crippen LogP contribution in [-0.2, 0) is 4.79 Å². The highest BCUT2D eigenvalue weighted by Gasteiger charge is 2.39. The number of piperazine rings is 1. The average molecular weight is 329 g/mol. The fourth-order valence-electron chi connectivity index (χ4n) is 2.42. The first kappa shape index (κ1) is 12.2. The second-order valence-electron chi connectivity index (χ2n) is 4.88. The lowest BCUT2D eigenvalue weighted by Gasteiger charge is -2.43. The van der Waals surface area contributed by atoms with Gasteiger partial charge in [0, 0.05) is 6.07 Å². The van der Waals surface area contributed by atoms with Crippen molar-refractivity contribution in [3.63, 3.8) is 0 Å². The Morgan fingerprint density at radius 2 is 2.50 bits per heavy atom. The normalized spacial score (nSPS) is 28.8. The van der Waals surface area contributed by atoms with Crippen molar-refractivity contribution in [1.29, 1.82) is 0 Å². The van der Waals surface area contributed by atoms with Gasteiger partial charge in [-0.2, -0.15) is 0 Å². The van der Waals surface area contributed by atoms with Gasteiger partial charge in [0.05, 0.1) is 30.4 Å². The number of rotatable bonds is 2. The maximum absolute atomic E-state index is 10.8. The maximum atomic E-state index is 10.8. The van der Waals surface area contributed by atoms with Crippen LogP contribution < -0.4 is 4.48 Å². The first-order valence-corrected chi connectivity index (χ1v) is 7.68. The monoisotopic (exact) mass is 328 g/mol. The number of hydrogen-bond donors (Lipinski definition) is 1. The summed E-state index contributed by atoms with van der Waals surface area (Å²) in [6, 6.07) is 4.34. The molecule has 2 atom stereocenters. The molecule has 18 heavy (non-hydrogen) atoms. The van der Waals surface area contributed by atoms with Gasteiger partial charge in [-0.15, -0.1) is 11.3 Å². The van der Waals surface area contributed by atoms with Crippen LogP contribution in [0.5, 0.6) is 0 Å². The van der Waals surface area contributed by atoms with Crippen LogP contribution in [0, 0.1) is 0 Å². The fourth-order valence-corrected chi connectivity index (χ4v) is 3.99. The molecular formula is C12H15BrN3OS+. The zero-order valence-corrected chi connectivity index (χ0v) is 12.5. The number of nitrogens with zero attached hydrogens (tertiary/aromatic N) is 2. The standard InChI is InChI=1S/C12H15BrN3OS/c1-16(4-3-15(8-17)7-11(16)13)12-6-10-9(14-12)2-5-18-10/h2,5-6,8,11,14H,3-4,7H2,1H3/q+1. The molecule has 0 aliphatic carbocycles. The molecule has 1 amide bonds. The fraction of sp³-hybridized carbons (Fsp3) is 0.417. The molecule has 1 N–H and O–H groups in total. The molecule has 1 aliphatic heterocycles. The number of carbonyl (C=O) groups is 1. The number of aromatic amines is 1. The van der Waals surface area contributed by atoms with Gasteiger partial charge in [0.1, 0.15) is 6.54 Å². The predicted octanol–water partition coefficient (Wildman–Crippen LogP) is 2.36. The molecule has 6 heteroatoms. The average Bonchev–Trinajstić information content (AvgIpc) is 2.93. The molecule has 1 aliphatic rings. The van der Waals surface area contributed by atoms with Gasteiger partial charge < -0.3 is 9.88 Å². The Hall–Kier alpha value is -0.850. The molecule has 0 saturated carbocycles. The van der Waals surface area contributed by atoms with Crippen LogP contribution in [0.1, 0.15) is 0 Å². The highest BCUT2D eigenvalue weighted by molar-refractivity contribution is 9.09. The van der Waals surface area contributed by atoms with Crippen LogP contribution in [0.25, 0.3) is 10.2 Å². The Bertz CT molecular complexity index is 552. The Labute approximate surface area is 118 Å². The molecule has 2 aromatic heterocycles. The van der Waals surface area contributed by atoms with Gasteiger partial charge in [-0.05, 0) is 27.4 Å². The maximum Gasteiger partial charge on any atom is 0.210 e. The van der Waals surface area contributed by atoms with E-state index < -0.39 is 0 Å². The minimum atomic E-state index is 0.226. The van der Waals surface area contributed by atoms with E-state index >= 15 is 0 Å². The molecule has 3 heterocycles. The molecule has 1 saturated heterocycles. The summed E-state index contributed by atoms with van der Waals surface area (Å²) in [6.45, 7) is 2.46. The van der Waals surface area contributed by atoms with Gasteiger partial charge in [-0.25, -0.2) is 0 Å². The quantitative estimate of drug-likeness (QED) is 0.390. The number of amides is 1. The molecule has 2 aromatic rings. The number of quaternary nitrogens is 1. The lowest BCUT2D eigenvalue weighted by Crippen LogP contribution is -2.62. The molecule has 0 bridgehead atoms. The highest BCUT2D eigenvalue weighted by Crippen LogP contribution is 2.34. The summed E-state index contributed by atoms with van der Waals surface area (Å²) in [5.74, 6) is 1.21. The molecule has 0 radical (unpaired) electrons. The van der Waals surface area contributed by atoms with Crippen molar-refractivity contribution in [2.24, 2.45) is 0 Å². The molecule has 0 spiro atoms. The number of thiophene rings is 1. The number of hydrogen-bond acceptors (Lipinski definition) is 2. The third-order valence-electron chi connectivity index (χ3n) is 3.78. The Morgan fingerprint density at radius 1 is 1.67 bits per heavy atom. The lowest BCUT2D eigenvalue weighted by atomic mass is 10.2. The Kier molecular flexibility index (Phi) is 2.96. The van der Waals surface area contributed by atoms with E-state index in [0.717, 1.165) is 30.5 Å². The van der Waals surface area contributed by atoms with Crippen molar-refractivity contribution in [2.75, 3.05) is 26.7 Å². The van der Waals surface area contributed by atoms with Crippen molar-refractivity contribution in [3.8, 4) is 0 Å². The predicted molar refractivity (Wildman–Crippen MR) is 79.1 cm³/mol. The van der Waals surface area contributed by atoms with Gasteiger partial charge >= 0.3 is 0 Å². The molecule has 4 nitrogen and oxygen atoms in total. The first-order chi connectivity index (χ1) is 8.63. The number of likely N-dealkylation sites (N-methyl/N-ethyl adjacent to an activating group) is 1. The highest BCUT2D eigenvalue weighted by atomic mass is 79.9. The third kappa shape index (κ3) is 1.79. The van der Waals surface area contributed by atoms with Crippen molar-refractivity contribution in [3.05, 3.63) is 17.5 Å². The zero-order valence-electron chi connectivity index (χ0n) is 10.1. The van der Waals surface area contributed by atoms with E-state index in [1.807, 2.05) is 4.90 Å². The Morgan fingerprint density at radius 3 is 3.17 bits per heavy atom. The van der Waals surface area contributed by atoms with Crippen molar-refractivity contribution in [1.82, 2.24) is 14.4 Å². The van der Waals surface area contributed by atoms with Crippen molar-refractivity contribution in [2.45, 2.75) is 4.95 Å². The summed E-state index contributed by atoms with van der Waals surface area (Å²) in [5.41, 5.74) is 1.20. The summed E-state index contributed by atoms with van der Waals surface area (Å²) < 4.78 is 2.09. The van der Waals surface area contributed by atoms with Gasteiger partial charge in [-0.3, -0.25) is 9.28 Å². The summed E-state index contributed by atoms with van der Waals surface area (Å²) in [7, 11) is 2.21. The molecule has 1 fully saturated rings.